The van der Waals surface area contributed by atoms with Gasteiger partial charge in [-0.2, -0.15) is 0 Å². The molecule has 27 heavy (non-hydrogen) atoms. The first-order valence-electron chi connectivity index (χ1n) is 7.86. The molecule has 1 heterocycles. The number of rotatable bonds is 3. The molecule has 8 heteroatoms. The second-order valence-electron chi connectivity index (χ2n) is 5.92. The Kier molecular flexibility index (Phi) is 4.64. The van der Waals surface area contributed by atoms with E-state index in [2.05, 4.69) is 0 Å². The van der Waals surface area contributed by atoms with Crippen LogP contribution in [-0.4, -0.2) is 45.6 Å². The molecule has 0 aromatic heterocycles. The monoisotopic (exact) mass is 372 g/mol. The van der Waals surface area contributed by atoms with Crippen molar-refractivity contribution in [3.63, 3.8) is 0 Å². The maximum absolute atomic E-state index is 12.4. The summed E-state index contributed by atoms with van der Waals surface area (Å²) in [5, 5.41) is 38.3. The molecule has 1 aliphatic heterocycles. The van der Waals surface area contributed by atoms with Gasteiger partial charge in [0.1, 0.15) is 0 Å². The third-order valence-corrected chi connectivity index (χ3v) is 4.22. The second kappa shape index (κ2) is 6.91. The van der Waals surface area contributed by atoms with Crippen molar-refractivity contribution in [3.05, 3.63) is 53.1 Å². The molecule has 2 aromatic rings. The molecule has 0 bridgehead atoms. The first kappa shape index (κ1) is 18.1. The van der Waals surface area contributed by atoms with Gasteiger partial charge in [-0.25, -0.2) is 9.59 Å². The molecule has 8 nitrogen and oxygen atoms in total. The highest BCUT2D eigenvalue weighted by atomic mass is 16.6. The average molecular weight is 372 g/mol. The highest BCUT2D eigenvalue weighted by molar-refractivity contribution is 6.01. The fraction of sp³-hybridized carbons (Fsp3) is 0.158. The lowest BCUT2D eigenvalue weighted by atomic mass is 9.87. The van der Waals surface area contributed by atoms with Crippen molar-refractivity contribution in [1.29, 1.82) is 0 Å². The van der Waals surface area contributed by atoms with Crippen molar-refractivity contribution >= 4 is 18.0 Å². The number of phenols is 4. The van der Waals surface area contributed by atoms with Crippen molar-refractivity contribution in [2.45, 2.75) is 12.0 Å². The Hall–Kier alpha value is -3.68. The molecule has 140 valence electrons. The van der Waals surface area contributed by atoms with E-state index in [4.69, 9.17) is 9.47 Å². The van der Waals surface area contributed by atoms with Crippen LogP contribution in [0.25, 0.3) is 6.08 Å². The Morgan fingerprint density at radius 3 is 2.22 bits per heavy atom. The van der Waals surface area contributed by atoms with Gasteiger partial charge in [-0.1, -0.05) is 12.1 Å². The minimum absolute atomic E-state index is 0.0839. The van der Waals surface area contributed by atoms with Crippen LogP contribution in [-0.2, 0) is 19.1 Å². The van der Waals surface area contributed by atoms with E-state index in [9.17, 15) is 30.0 Å². The first-order valence-corrected chi connectivity index (χ1v) is 7.86. The third kappa shape index (κ3) is 3.37. The molecule has 2 aromatic carbocycles. The molecule has 1 aliphatic rings. The summed E-state index contributed by atoms with van der Waals surface area (Å²) >= 11 is 0. The number of esters is 2. The minimum Gasteiger partial charge on any atom is -0.504 e. The van der Waals surface area contributed by atoms with E-state index in [0.29, 0.717) is 11.1 Å². The number of cyclic esters (lactones) is 1. The van der Waals surface area contributed by atoms with Crippen LogP contribution >= 0.6 is 0 Å². The molecular formula is C19H16O8. The van der Waals surface area contributed by atoms with Crippen molar-refractivity contribution in [3.8, 4) is 23.0 Å². The zero-order chi connectivity index (χ0) is 19.7. The molecule has 4 N–H and O–H groups in total. The predicted octanol–water partition coefficient (Wildman–Crippen LogP) is 1.77. The van der Waals surface area contributed by atoms with Crippen molar-refractivity contribution < 1.29 is 39.5 Å². The standard InChI is InChI=1S/C19H16O8/c1-26-19(25)17-16(10-3-5-13(21)15(23)8-10)11(18(24)27-17)6-9-2-4-12(20)14(22)7-9/h2-8,16-17,20-23H,1H3/b11-6-/t16-,17+/m0/s1. The number of carbonyl (C=O) groups excluding carboxylic acids is 2. The Morgan fingerprint density at radius 1 is 1.00 bits per heavy atom. The number of hydrogen-bond acceptors (Lipinski definition) is 8. The summed E-state index contributed by atoms with van der Waals surface area (Å²) in [6.07, 6.45) is 0.127. The molecule has 2 atom stereocenters. The topological polar surface area (TPSA) is 134 Å². The molecule has 0 aliphatic carbocycles. The van der Waals surface area contributed by atoms with Gasteiger partial charge in [-0.05, 0) is 41.5 Å². The number of phenolic OH excluding ortho intramolecular Hbond substituents is 4. The summed E-state index contributed by atoms with van der Waals surface area (Å²) in [6, 6.07) is 7.85. The minimum atomic E-state index is -1.27. The highest BCUT2D eigenvalue weighted by Gasteiger charge is 2.46. The van der Waals surface area contributed by atoms with Crippen LogP contribution in [0, 0.1) is 0 Å². The summed E-state index contributed by atoms with van der Waals surface area (Å²) in [6.45, 7) is 0. The van der Waals surface area contributed by atoms with Gasteiger partial charge in [0.05, 0.1) is 13.0 Å². The SMILES string of the molecule is COC(=O)[C@@H]1OC(=O)/C(=C\c2ccc(O)c(O)c2)[C@@H]1c1ccc(O)c(O)c1. The Bertz CT molecular complexity index is 947. The third-order valence-electron chi connectivity index (χ3n) is 4.22. The Balaban J connectivity index is 2.12. The molecule has 1 fully saturated rings. The van der Waals surface area contributed by atoms with Crippen LogP contribution in [0.4, 0.5) is 0 Å². The number of carbonyl (C=O) groups is 2. The number of aromatic hydroxyl groups is 4. The van der Waals surface area contributed by atoms with Gasteiger partial charge in [0.2, 0.25) is 6.10 Å². The van der Waals surface area contributed by atoms with Gasteiger partial charge in [-0.3, -0.25) is 0 Å². The lowest BCUT2D eigenvalue weighted by Gasteiger charge is -2.17. The number of hydrogen-bond donors (Lipinski definition) is 4. The van der Waals surface area contributed by atoms with E-state index in [1.165, 1.54) is 42.5 Å². The molecule has 0 unspecified atom stereocenters. The summed E-state index contributed by atoms with van der Waals surface area (Å²) < 4.78 is 9.85. The van der Waals surface area contributed by atoms with Gasteiger partial charge >= 0.3 is 11.9 Å². The molecule has 3 rings (SSSR count). The lowest BCUT2D eigenvalue weighted by molar-refractivity contribution is -0.159. The van der Waals surface area contributed by atoms with Crippen LogP contribution in [0.3, 0.4) is 0 Å². The summed E-state index contributed by atoms with van der Waals surface area (Å²) in [4.78, 5) is 24.5. The number of methoxy groups -OCH3 is 1. The van der Waals surface area contributed by atoms with Gasteiger partial charge < -0.3 is 29.9 Å². The maximum Gasteiger partial charge on any atom is 0.348 e. The van der Waals surface area contributed by atoms with E-state index in [1.54, 1.807) is 0 Å². The first-order chi connectivity index (χ1) is 12.8. The van der Waals surface area contributed by atoms with E-state index in [-0.39, 0.29) is 22.8 Å². The zero-order valence-electron chi connectivity index (χ0n) is 14.1. The van der Waals surface area contributed by atoms with Crippen LogP contribution in [0.15, 0.2) is 42.0 Å². The fourth-order valence-electron chi connectivity index (χ4n) is 2.89. The van der Waals surface area contributed by atoms with Crippen molar-refractivity contribution in [2.24, 2.45) is 0 Å². The van der Waals surface area contributed by atoms with Crippen LogP contribution in [0.2, 0.25) is 0 Å². The van der Waals surface area contributed by atoms with Gasteiger partial charge in [-0.15, -0.1) is 0 Å². The smallest absolute Gasteiger partial charge is 0.348 e. The van der Waals surface area contributed by atoms with E-state index >= 15 is 0 Å². The lowest BCUT2D eigenvalue weighted by Crippen LogP contribution is -2.27. The molecule has 0 saturated carbocycles. The average Bonchev–Trinajstić information content (AvgIpc) is 2.96. The van der Waals surface area contributed by atoms with Gasteiger partial charge in [0.15, 0.2) is 23.0 Å². The molecular weight excluding hydrogens is 356 g/mol. The number of ether oxygens (including phenoxy) is 2. The summed E-state index contributed by atoms with van der Waals surface area (Å²) in [5.74, 6) is -3.93. The normalized spacial score (nSPS) is 20.5. The van der Waals surface area contributed by atoms with Crippen LogP contribution < -0.4 is 0 Å². The molecule has 0 radical (unpaired) electrons. The van der Waals surface area contributed by atoms with Crippen LogP contribution in [0.1, 0.15) is 17.0 Å². The Labute approximate surface area is 153 Å². The van der Waals surface area contributed by atoms with Crippen LogP contribution in [0.5, 0.6) is 23.0 Å². The summed E-state index contributed by atoms with van der Waals surface area (Å²) in [7, 11) is 1.15. The summed E-state index contributed by atoms with van der Waals surface area (Å²) in [5.41, 5.74) is 0.817. The van der Waals surface area contributed by atoms with Gasteiger partial charge in [0.25, 0.3) is 0 Å². The molecule has 1 saturated heterocycles. The number of benzene rings is 2. The largest absolute Gasteiger partial charge is 0.504 e. The zero-order valence-corrected chi connectivity index (χ0v) is 14.1. The van der Waals surface area contributed by atoms with E-state index in [1.807, 2.05) is 0 Å². The predicted molar refractivity (Wildman–Crippen MR) is 92.2 cm³/mol. The Morgan fingerprint density at radius 2 is 1.63 bits per heavy atom. The quantitative estimate of drug-likeness (QED) is 0.364. The maximum atomic E-state index is 12.4. The molecule has 0 amide bonds. The van der Waals surface area contributed by atoms with E-state index in [0.717, 1.165) is 7.11 Å². The fourth-order valence-corrected chi connectivity index (χ4v) is 2.89. The highest BCUT2D eigenvalue weighted by Crippen LogP contribution is 2.41. The van der Waals surface area contributed by atoms with Gasteiger partial charge in [0, 0.05) is 5.57 Å². The van der Waals surface area contributed by atoms with Crippen molar-refractivity contribution in [2.75, 3.05) is 7.11 Å². The molecule has 0 spiro atoms. The van der Waals surface area contributed by atoms with E-state index < -0.39 is 29.7 Å². The second-order valence-corrected chi connectivity index (χ2v) is 5.92. The van der Waals surface area contributed by atoms with Crippen molar-refractivity contribution in [1.82, 2.24) is 0 Å².